The van der Waals surface area contributed by atoms with Gasteiger partial charge < -0.3 is 4.98 Å². The van der Waals surface area contributed by atoms with Crippen molar-refractivity contribution in [2.75, 3.05) is 0 Å². The van der Waals surface area contributed by atoms with E-state index in [1.165, 1.54) is 24.3 Å². The van der Waals surface area contributed by atoms with Gasteiger partial charge in [0.15, 0.2) is 9.84 Å². The maximum absolute atomic E-state index is 14.6. The van der Waals surface area contributed by atoms with Crippen LogP contribution in [0.1, 0.15) is 16.5 Å². The van der Waals surface area contributed by atoms with E-state index in [1.54, 1.807) is 18.2 Å². The third-order valence-electron chi connectivity index (χ3n) is 4.38. The van der Waals surface area contributed by atoms with E-state index in [0.29, 0.717) is 22.2 Å². The van der Waals surface area contributed by atoms with Gasteiger partial charge in [0.25, 0.3) is 0 Å². The average Bonchev–Trinajstić information content (AvgIpc) is 3.03. The highest BCUT2D eigenvalue weighted by atomic mass is 79.9. The Balaban J connectivity index is 1.96. The first kappa shape index (κ1) is 15.8. The molecular weight excluding hydrogens is 400 g/mol. The van der Waals surface area contributed by atoms with Crippen molar-refractivity contribution in [3.8, 4) is 0 Å². The molecule has 1 aliphatic rings. The molecule has 0 fully saturated rings. The van der Waals surface area contributed by atoms with Gasteiger partial charge in [0.2, 0.25) is 0 Å². The highest BCUT2D eigenvalue weighted by Crippen LogP contribution is 2.46. The summed E-state index contributed by atoms with van der Waals surface area (Å²) >= 11 is 3.11. The van der Waals surface area contributed by atoms with Crippen molar-refractivity contribution in [1.29, 1.82) is 0 Å². The number of aromatic nitrogens is 1. The van der Waals surface area contributed by atoms with Crippen LogP contribution in [0.2, 0.25) is 0 Å². The van der Waals surface area contributed by atoms with Crippen LogP contribution in [0.25, 0.3) is 10.9 Å². The lowest BCUT2D eigenvalue weighted by Crippen LogP contribution is -2.20. The molecule has 24 heavy (non-hydrogen) atoms. The molecule has 3 nitrogen and oxygen atoms in total. The molecule has 1 aliphatic carbocycles. The van der Waals surface area contributed by atoms with E-state index < -0.39 is 27.1 Å². The molecule has 1 aromatic heterocycles. The number of hydrogen-bond donors (Lipinski definition) is 1. The Labute approximate surface area is 145 Å². The molecule has 1 N–H and O–H groups in total. The molecule has 4 rings (SSSR count). The smallest absolute Gasteiger partial charge is 0.188 e. The first-order chi connectivity index (χ1) is 11.4. The first-order valence-electron chi connectivity index (χ1n) is 7.32. The Hall–Kier alpha value is -1.73. The first-order valence-corrected chi connectivity index (χ1v) is 9.66. The van der Waals surface area contributed by atoms with Crippen molar-refractivity contribution in [3.63, 3.8) is 0 Å². The van der Waals surface area contributed by atoms with Gasteiger partial charge in [-0.3, -0.25) is 0 Å². The number of hydrogen-bond acceptors (Lipinski definition) is 2. The summed E-state index contributed by atoms with van der Waals surface area (Å²) in [6, 6.07) is 10.6. The van der Waals surface area contributed by atoms with Gasteiger partial charge in [-0.25, -0.2) is 17.2 Å². The van der Waals surface area contributed by atoms with Gasteiger partial charge in [0.1, 0.15) is 17.2 Å². The van der Waals surface area contributed by atoms with Gasteiger partial charge in [-0.1, -0.05) is 18.2 Å². The molecule has 3 aromatic rings. The Morgan fingerprint density at radius 3 is 2.58 bits per heavy atom. The van der Waals surface area contributed by atoms with Crippen molar-refractivity contribution < 1.29 is 17.2 Å². The van der Waals surface area contributed by atoms with E-state index in [1.807, 2.05) is 0 Å². The molecule has 124 valence electrons. The zero-order chi connectivity index (χ0) is 17.1. The summed E-state index contributed by atoms with van der Waals surface area (Å²) in [5, 5.41) is -0.760. The predicted molar refractivity (Wildman–Crippen MR) is 90.9 cm³/mol. The van der Waals surface area contributed by atoms with E-state index in [9.17, 15) is 17.2 Å². The lowest BCUT2D eigenvalue weighted by Gasteiger charge is -2.16. The number of rotatable bonds is 2. The minimum absolute atomic E-state index is 0.0278. The quantitative estimate of drug-likeness (QED) is 0.675. The Morgan fingerprint density at radius 2 is 1.88 bits per heavy atom. The summed E-state index contributed by atoms with van der Waals surface area (Å²) in [5.41, 5.74) is 1.39. The fraction of sp³-hybridized carbons (Fsp3) is 0.176. The lowest BCUT2D eigenvalue weighted by atomic mass is 10.1. The number of alkyl halides is 1. The third kappa shape index (κ3) is 2.22. The molecule has 1 heterocycles. The molecule has 0 bridgehead atoms. The molecule has 0 saturated carbocycles. The SMILES string of the molecule is O=S(=O)(c1ccccc1)C1c2c([nH]c3cc(F)c(Br)cc23)CC1F. The maximum Gasteiger partial charge on any atom is 0.188 e. The van der Waals surface area contributed by atoms with Crippen LogP contribution in [-0.4, -0.2) is 19.6 Å². The highest BCUT2D eigenvalue weighted by molar-refractivity contribution is 9.10. The van der Waals surface area contributed by atoms with Gasteiger partial charge in [-0.05, 0) is 40.2 Å². The van der Waals surface area contributed by atoms with E-state index in [2.05, 4.69) is 20.9 Å². The van der Waals surface area contributed by atoms with Gasteiger partial charge >= 0.3 is 0 Å². The van der Waals surface area contributed by atoms with Crippen LogP contribution in [0.15, 0.2) is 51.8 Å². The van der Waals surface area contributed by atoms with E-state index in [-0.39, 0.29) is 15.8 Å². The topological polar surface area (TPSA) is 49.9 Å². The van der Waals surface area contributed by atoms with Crippen LogP contribution in [0.5, 0.6) is 0 Å². The second kappa shape index (κ2) is 5.39. The lowest BCUT2D eigenvalue weighted by molar-refractivity contribution is 0.335. The molecule has 2 unspecified atom stereocenters. The van der Waals surface area contributed by atoms with Crippen LogP contribution in [0.3, 0.4) is 0 Å². The number of sulfone groups is 1. The zero-order valence-electron chi connectivity index (χ0n) is 12.3. The average molecular weight is 412 g/mol. The second-order valence-corrected chi connectivity index (χ2v) is 8.75. The molecular formula is C17H12BrF2NO2S. The van der Waals surface area contributed by atoms with Crippen LogP contribution < -0.4 is 0 Å². The molecule has 0 aliphatic heterocycles. The van der Waals surface area contributed by atoms with Gasteiger partial charge in [0, 0.05) is 28.6 Å². The number of nitrogens with one attached hydrogen (secondary N) is 1. The van der Waals surface area contributed by atoms with Crippen LogP contribution >= 0.6 is 15.9 Å². The summed E-state index contributed by atoms with van der Waals surface area (Å²) in [5.74, 6) is -0.457. The maximum atomic E-state index is 14.6. The van der Waals surface area contributed by atoms with Crippen molar-refractivity contribution in [1.82, 2.24) is 4.98 Å². The monoisotopic (exact) mass is 411 g/mol. The third-order valence-corrected chi connectivity index (χ3v) is 7.12. The van der Waals surface area contributed by atoms with E-state index in [4.69, 9.17) is 0 Å². The molecule has 0 radical (unpaired) electrons. The Morgan fingerprint density at radius 1 is 1.17 bits per heavy atom. The van der Waals surface area contributed by atoms with E-state index >= 15 is 0 Å². The van der Waals surface area contributed by atoms with Gasteiger partial charge in [-0.15, -0.1) is 0 Å². The van der Waals surface area contributed by atoms with Crippen molar-refractivity contribution >= 4 is 36.7 Å². The summed E-state index contributed by atoms with van der Waals surface area (Å²) < 4.78 is 54.5. The number of benzene rings is 2. The number of H-pyrrole nitrogens is 1. The fourth-order valence-corrected chi connectivity index (χ4v) is 5.58. The molecule has 0 spiro atoms. The number of fused-ring (bicyclic) bond motifs is 3. The Bertz CT molecular complexity index is 1050. The normalized spacial score (nSPS) is 20.5. The predicted octanol–water partition coefficient (Wildman–Crippen LogP) is 4.48. The summed E-state index contributed by atoms with van der Waals surface area (Å²) in [6.07, 6.45) is -1.57. The molecule has 2 aromatic carbocycles. The molecule has 7 heteroatoms. The van der Waals surface area contributed by atoms with Crippen molar-refractivity contribution in [2.45, 2.75) is 22.7 Å². The van der Waals surface area contributed by atoms with Gasteiger partial charge in [-0.2, -0.15) is 0 Å². The fourth-order valence-electron chi connectivity index (χ4n) is 3.34. The zero-order valence-corrected chi connectivity index (χ0v) is 14.7. The molecule has 2 atom stereocenters. The van der Waals surface area contributed by atoms with Crippen molar-refractivity contribution in [2.24, 2.45) is 0 Å². The highest BCUT2D eigenvalue weighted by Gasteiger charge is 2.45. The molecule has 0 amide bonds. The second-order valence-electron chi connectivity index (χ2n) is 5.83. The van der Waals surface area contributed by atoms with Crippen LogP contribution in [0, 0.1) is 5.82 Å². The number of aromatic amines is 1. The minimum atomic E-state index is -3.89. The molecule has 0 saturated heterocycles. The van der Waals surface area contributed by atoms with E-state index in [0.717, 1.165) is 0 Å². The Kier molecular flexibility index (Phi) is 3.54. The summed E-state index contributed by atoms with van der Waals surface area (Å²) in [7, 11) is -3.89. The van der Waals surface area contributed by atoms with Crippen LogP contribution in [-0.2, 0) is 16.3 Å². The summed E-state index contributed by atoms with van der Waals surface area (Å²) in [4.78, 5) is 3.05. The largest absolute Gasteiger partial charge is 0.358 e. The van der Waals surface area contributed by atoms with Gasteiger partial charge in [0.05, 0.1) is 9.37 Å². The summed E-state index contributed by atoms with van der Waals surface area (Å²) in [6.45, 7) is 0. The van der Waals surface area contributed by atoms with Crippen LogP contribution in [0.4, 0.5) is 8.78 Å². The standard InChI is InChI=1S/C17H12BrF2NO2S/c18-11-6-10-14(7-12(11)19)21-15-8-13(20)17(16(10)15)24(22,23)9-4-2-1-3-5-9/h1-7,13,17,21H,8H2. The van der Waals surface area contributed by atoms with Crippen molar-refractivity contribution in [3.05, 3.63) is 64.0 Å². The number of halogens is 3. The minimum Gasteiger partial charge on any atom is -0.358 e.